The van der Waals surface area contributed by atoms with Gasteiger partial charge in [-0.05, 0) is 56.3 Å². The lowest BCUT2D eigenvalue weighted by Crippen LogP contribution is -2.52. The van der Waals surface area contributed by atoms with E-state index < -0.39 is 6.04 Å². The number of benzene rings is 1. The van der Waals surface area contributed by atoms with Crippen LogP contribution in [0.15, 0.2) is 18.2 Å². The molecule has 3 heterocycles. The first kappa shape index (κ1) is 19.1. The largest absolute Gasteiger partial charge is 0.330 e. The number of nitrogens with one attached hydrogen (secondary N) is 1. The number of nitrogens with zero attached hydrogens (tertiary/aromatic N) is 2. The van der Waals surface area contributed by atoms with Gasteiger partial charge in [0, 0.05) is 37.2 Å². The van der Waals surface area contributed by atoms with Crippen LogP contribution in [-0.4, -0.2) is 52.2 Å². The molecule has 28 heavy (non-hydrogen) atoms. The Balaban J connectivity index is 1.57. The van der Waals surface area contributed by atoms with Gasteiger partial charge in [0.2, 0.25) is 11.8 Å². The van der Waals surface area contributed by atoms with Crippen LogP contribution in [0.5, 0.6) is 0 Å². The predicted octanol–water partition coefficient (Wildman–Crippen LogP) is 1.01. The van der Waals surface area contributed by atoms with Gasteiger partial charge in [-0.15, -0.1) is 0 Å². The highest BCUT2D eigenvalue weighted by molar-refractivity contribution is 6.05. The van der Waals surface area contributed by atoms with Gasteiger partial charge in [-0.1, -0.05) is 12.1 Å². The number of amides is 3. The summed E-state index contributed by atoms with van der Waals surface area (Å²) >= 11 is 0. The van der Waals surface area contributed by atoms with Crippen molar-refractivity contribution in [3.8, 4) is 0 Å². The van der Waals surface area contributed by atoms with Crippen LogP contribution >= 0.6 is 0 Å². The zero-order valence-electron chi connectivity index (χ0n) is 16.5. The smallest absolute Gasteiger partial charge is 0.255 e. The number of rotatable bonds is 4. The van der Waals surface area contributed by atoms with Gasteiger partial charge >= 0.3 is 0 Å². The van der Waals surface area contributed by atoms with Crippen molar-refractivity contribution in [3.05, 3.63) is 34.9 Å². The van der Waals surface area contributed by atoms with Crippen molar-refractivity contribution in [1.82, 2.24) is 15.1 Å². The normalized spacial score (nSPS) is 27.2. The summed E-state index contributed by atoms with van der Waals surface area (Å²) in [7, 11) is 0. The van der Waals surface area contributed by atoms with E-state index in [9.17, 15) is 14.4 Å². The Morgan fingerprint density at radius 3 is 2.71 bits per heavy atom. The molecule has 7 nitrogen and oxygen atoms in total. The van der Waals surface area contributed by atoms with Crippen LogP contribution in [0.25, 0.3) is 0 Å². The number of piperidine rings is 1. The van der Waals surface area contributed by atoms with Gasteiger partial charge in [0.1, 0.15) is 6.04 Å². The van der Waals surface area contributed by atoms with Gasteiger partial charge in [0.15, 0.2) is 0 Å². The second kappa shape index (κ2) is 6.97. The summed E-state index contributed by atoms with van der Waals surface area (Å²) in [5.41, 5.74) is 8.78. The number of carbonyl (C=O) groups is 3. The molecule has 0 saturated carbocycles. The molecule has 3 aliphatic rings. The number of fused-ring (bicyclic) bond motifs is 1. The Morgan fingerprint density at radius 2 is 2.04 bits per heavy atom. The molecule has 7 heteroatoms. The second-order valence-electron chi connectivity index (χ2n) is 8.84. The van der Waals surface area contributed by atoms with Crippen molar-refractivity contribution in [1.29, 1.82) is 0 Å². The first-order chi connectivity index (χ1) is 13.3. The van der Waals surface area contributed by atoms with Gasteiger partial charge in [-0.25, -0.2) is 0 Å². The minimum atomic E-state index is -0.574. The van der Waals surface area contributed by atoms with E-state index in [1.165, 1.54) is 0 Å². The molecule has 1 aromatic rings. The van der Waals surface area contributed by atoms with E-state index in [0.717, 1.165) is 30.6 Å². The highest BCUT2D eigenvalue weighted by atomic mass is 16.2. The summed E-state index contributed by atoms with van der Waals surface area (Å²) in [6.45, 7) is 7.32. The molecule has 150 valence electrons. The van der Waals surface area contributed by atoms with Crippen LogP contribution in [-0.2, 0) is 22.7 Å². The van der Waals surface area contributed by atoms with Crippen LogP contribution in [0.3, 0.4) is 0 Å². The fraction of sp³-hybridized carbons (Fsp3) is 0.571. The summed E-state index contributed by atoms with van der Waals surface area (Å²) in [6, 6.07) is 5.26. The molecule has 2 unspecified atom stereocenters. The minimum absolute atomic E-state index is 0.0681. The molecule has 3 amide bonds. The van der Waals surface area contributed by atoms with Crippen LogP contribution < -0.4 is 11.1 Å². The van der Waals surface area contributed by atoms with Gasteiger partial charge < -0.3 is 10.6 Å². The van der Waals surface area contributed by atoms with E-state index in [1.54, 1.807) is 4.90 Å². The Hall–Kier alpha value is -2.25. The molecular formula is C21H28N4O3. The Bertz CT molecular complexity index is 835. The number of imide groups is 1. The van der Waals surface area contributed by atoms with Crippen LogP contribution in [0, 0.1) is 5.92 Å². The monoisotopic (exact) mass is 384 g/mol. The zero-order valence-corrected chi connectivity index (χ0v) is 16.5. The quantitative estimate of drug-likeness (QED) is 0.756. The van der Waals surface area contributed by atoms with Gasteiger partial charge in [-0.2, -0.15) is 0 Å². The lowest BCUT2D eigenvalue weighted by Gasteiger charge is -2.32. The summed E-state index contributed by atoms with van der Waals surface area (Å²) < 4.78 is 0. The van der Waals surface area contributed by atoms with E-state index in [2.05, 4.69) is 30.1 Å². The van der Waals surface area contributed by atoms with Crippen molar-refractivity contribution in [3.63, 3.8) is 0 Å². The first-order valence-corrected chi connectivity index (χ1v) is 10.0. The summed E-state index contributed by atoms with van der Waals surface area (Å²) in [4.78, 5) is 40.7. The maximum Gasteiger partial charge on any atom is 0.255 e. The molecule has 0 aromatic heterocycles. The zero-order chi connectivity index (χ0) is 20.1. The van der Waals surface area contributed by atoms with Crippen molar-refractivity contribution in [2.24, 2.45) is 11.7 Å². The summed E-state index contributed by atoms with van der Waals surface area (Å²) in [5.74, 6) is -0.262. The highest BCUT2D eigenvalue weighted by Gasteiger charge is 2.41. The maximum absolute atomic E-state index is 13.0. The van der Waals surface area contributed by atoms with E-state index >= 15 is 0 Å². The molecule has 0 bridgehead atoms. The summed E-state index contributed by atoms with van der Waals surface area (Å²) in [5, 5.41) is 2.36. The average Bonchev–Trinajstić information content (AvgIpc) is 3.13. The molecule has 0 aliphatic carbocycles. The second-order valence-corrected chi connectivity index (χ2v) is 8.84. The third-order valence-electron chi connectivity index (χ3n) is 6.50. The molecular weight excluding hydrogens is 356 g/mol. The first-order valence-electron chi connectivity index (χ1n) is 10.0. The van der Waals surface area contributed by atoms with Crippen molar-refractivity contribution in [2.75, 3.05) is 13.1 Å². The van der Waals surface area contributed by atoms with Crippen molar-refractivity contribution >= 4 is 17.7 Å². The van der Waals surface area contributed by atoms with E-state index in [0.29, 0.717) is 31.0 Å². The molecule has 1 aromatic carbocycles. The maximum atomic E-state index is 13.0. The molecule has 2 atom stereocenters. The number of hydrogen-bond donors (Lipinski definition) is 2. The lowest BCUT2D eigenvalue weighted by molar-refractivity contribution is -0.136. The molecule has 3 aliphatic heterocycles. The van der Waals surface area contributed by atoms with Gasteiger partial charge in [-0.3, -0.25) is 24.6 Å². The third-order valence-corrected chi connectivity index (χ3v) is 6.50. The topological polar surface area (TPSA) is 95.7 Å². The number of likely N-dealkylation sites (tertiary alicyclic amines) is 1. The molecule has 2 saturated heterocycles. The minimum Gasteiger partial charge on any atom is -0.330 e. The van der Waals surface area contributed by atoms with Crippen molar-refractivity contribution < 1.29 is 14.4 Å². The standard InChI is InChI=1S/C21H28N4O3/c1-21(2)8-13(9-22)10-24(21)11-14-4-3-5-15-16(14)12-25(20(15)28)17-6-7-18(26)23-19(17)27/h3-5,13,17H,6-12,22H2,1-2H3,(H,23,26,27). The Morgan fingerprint density at radius 1 is 1.25 bits per heavy atom. The van der Waals surface area contributed by atoms with E-state index in [4.69, 9.17) is 5.73 Å². The van der Waals surface area contributed by atoms with Crippen LogP contribution in [0.4, 0.5) is 0 Å². The molecule has 2 fully saturated rings. The van der Waals surface area contributed by atoms with E-state index in [1.807, 2.05) is 12.1 Å². The Labute approximate surface area is 165 Å². The number of nitrogens with two attached hydrogens (primary N) is 1. The predicted molar refractivity (Wildman–Crippen MR) is 104 cm³/mol. The van der Waals surface area contributed by atoms with Crippen molar-refractivity contribution in [2.45, 2.75) is 57.8 Å². The highest BCUT2D eigenvalue weighted by Crippen LogP contribution is 2.36. The molecule has 0 spiro atoms. The van der Waals surface area contributed by atoms with E-state index in [-0.39, 0.29) is 29.7 Å². The number of carbonyl (C=O) groups excluding carboxylic acids is 3. The van der Waals surface area contributed by atoms with Crippen LogP contribution in [0.2, 0.25) is 0 Å². The van der Waals surface area contributed by atoms with Gasteiger partial charge in [0.25, 0.3) is 5.91 Å². The Kier molecular flexibility index (Phi) is 4.75. The van der Waals surface area contributed by atoms with Gasteiger partial charge in [0.05, 0.1) is 0 Å². The molecule has 3 N–H and O–H groups in total. The molecule has 0 radical (unpaired) electrons. The third kappa shape index (κ3) is 3.22. The molecule has 4 rings (SSSR count). The summed E-state index contributed by atoms with van der Waals surface area (Å²) in [6.07, 6.45) is 1.72. The fourth-order valence-electron chi connectivity index (χ4n) is 4.90. The average molecular weight is 384 g/mol. The SMILES string of the molecule is CC1(C)CC(CN)CN1Cc1cccc2c1CN(C1CCC(=O)NC1=O)C2=O. The number of hydrogen-bond acceptors (Lipinski definition) is 5. The van der Waals surface area contributed by atoms with Crippen LogP contribution in [0.1, 0.15) is 54.6 Å². The fourth-order valence-corrected chi connectivity index (χ4v) is 4.90. The lowest BCUT2D eigenvalue weighted by atomic mass is 9.96.